The van der Waals surface area contributed by atoms with E-state index in [2.05, 4.69) is 5.32 Å². The van der Waals surface area contributed by atoms with Crippen LogP contribution in [0.2, 0.25) is 0 Å². The second kappa shape index (κ2) is 3.81. The zero-order valence-corrected chi connectivity index (χ0v) is 9.03. The summed E-state index contributed by atoms with van der Waals surface area (Å²) < 4.78 is 5.42. The van der Waals surface area contributed by atoms with Gasteiger partial charge in [0.05, 0.1) is 18.7 Å². The monoisotopic (exact) mass is 212 g/mol. The molecular weight excluding hydrogens is 196 g/mol. The molecule has 0 aliphatic carbocycles. The van der Waals surface area contributed by atoms with E-state index in [1.807, 2.05) is 6.92 Å². The number of carbonyl (C=O) groups is 2. The maximum absolute atomic E-state index is 11.7. The molecule has 15 heavy (non-hydrogen) atoms. The number of amides is 2. The summed E-state index contributed by atoms with van der Waals surface area (Å²) in [6.07, 6.45) is 0.854. The number of hydrogen-bond acceptors (Lipinski definition) is 3. The van der Waals surface area contributed by atoms with E-state index < -0.39 is 0 Å². The minimum atomic E-state index is -0.375. The molecule has 3 atom stereocenters. The fourth-order valence-corrected chi connectivity index (χ4v) is 2.30. The minimum absolute atomic E-state index is 0.00977. The van der Waals surface area contributed by atoms with E-state index in [0.717, 1.165) is 6.42 Å². The molecule has 2 aliphatic rings. The summed E-state index contributed by atoms with van der Waals surface area (Å²) in [7, 11) is 0. The van der Waals surface area contributed by atoms with Crippen molar-refractivity contribution in [2.24, 2.45) is 0 Å². The van der Waals surface area contributed by atoms with Crippen LogP contribution in [0.15, 0.2) is 0 Å². The first kappa shape index (κ1) is 10.4. The molecule has 2 rings (SSSR count). The molecule has 5 nitrogen and oxygen atoms in total. The standard InChI is InChI=1S/C10H16N2O3/c1-6-10(14)11-5-9(13)12(6)8-3-4-15-7(8)2/h6-8H,3-5H2,1-2H3,(H,11,14). The highest BCUT2D eigenvalue weighted by Gasteiger charge is 2.40. The Morgan fingerprint density at radius 3 is 2.73 bits per heavy atom. The number of ether oxygens (including phenoxy) is 1. The lowest BCUT2D eigenvalue weighted by atomic mass is 10.0. The zero-order chi connectivity index (χ0) is 11.0. The van der Waals surface area contributed by atoms with Crippen molar-refractivity contribution < 1.29 is 14.3 Å². The van der Waals surface area contributed by atoms with E-state index in [1.165, 1.54) is 0 Å². The van der Waals surface area contributed by atoms with Crippen molar-refractivity contribution in [3.8, 4) is 0 Å². The van der Waals surface area contributed by atoms with Gasteiger partial charge in [-0.2, -0.15) is 0 Å². The van der Waals surface area contributed by atoms with Crippen LogP contribution in [0.25, 0.3) is 0 Å². The Hall–Kier alpha value is -1.10. The van der Waals surface area contributed by atoms with Crippen molar-refractivity contribution in [3.63, 3.8) is 0 Å². The van der Waals surface area contributed by atoms with Crippen LogP contribution in [0, 0.1) is 0 Å². The van der Waals surface area contributed by atoms with Crippen LogP contribution in [0.5, 0.6) is 0 Å². The van der Waals surface area contributed by atoms with Gasteiger partial charge in [-0.05, 0) is 20.3 Å². The topological polar surface area (TPSA) is 58.6 Å². The van der Waals surface area contributed by atoms with Gasteiger partial charge in [-0.3, -0.25) is 9.59 Å². The van der Waals surface area contributed by atoms with Gasteiger partial charge in [0.2, 0.25) is 11.8 Å². The summed E-state index contributed by atoms with van der Waals surface area (Å²) >= 11 is 0. The van der Waals surface area contributed by atoms with Crippen molar-refractivity contribution in [2.45, 2.75) is 38.5 Å². The lowest BCUT2D eigenvalue weighted by Crippen LogP contribution is -2.61. The highest BCUT2D eigenvalue weighted by molar-refractivity contribution is 5.94. The third-order valence-electron chi connectivity index (χ3n) is 3.19. The van der Waals surface area contributed by atoms with Crippen LogP contribution in [0.4, 0.5) is 0 Å². The Kier molecular flexibility index (Phi) is 2.65. The van der Waals surface area contributed by atoms with Gasteiger partial charge in [0.1, 0.15) is 6.04 Å². The van der Waals surface area contributed by atoms with Crippen molar-refractivity contribution in [3.05, 3.63) is 0 Å². The molecule has 5 heteroatoms. The zero-order valence-electron chi connectivity index (χ0n) is 9.03. The van der Waals surface area contributed by atoms with Gasteiger partial charge in [-0.1, -0.05) is 0 Å². The Balaban J connectivity index is 2.17. The van der Waals surface area contributed by atoms with E-state index in [0.29, 0.717) is 6.61 Å². The molecule has 0 saturated carbocycles. The van der Waals surface area contributed by atoms with Crippen molar-refractivity contribution in [2.75, 3.05) is 13.2 Å². The lowest BCUT2D eigenvalue weighted by molar-refractivity contribution is -0.148. The Labute approximate surface area is 88.8 Å². The number of rotatable bonds is 1. The van der Waals surface area contributed by atoms with Gasteiger partial charge >= 0.3 is 0 Å². The lowest BCUT2D eigenvalue weighted by Gasteiger charge is -2.38. The summed E-state index contributed by atoms with van der Waals surface area (Å²) in [5, 5.41) is 2.58. The number of carbonyl (C=O) groups excluding carboxylic acids is 2. The Morgan fingerprint density at radius 2 is 2.13 bits per heavy atom. The highest BCUT2D eigenvalue weighted by Crippen LogP contribution is 2.23. The second-order valence-electron chi connectivity index (χ2n) is 4.13. The maximum atomic E-state index is 11.7. The molecule has 0 aromatic heterocycles. The average Bonchev–Trinajstić information content (AvgIpc) is 2.60. The summed E-state index contributed by atoms with van der Waals surface area (Å²) in [6, 6.07) is -0.320. The number of nitrogens with zero attached hydrogens (tertiary/aromatic N) is 1. The highest BCUT2D eigenvalue weighted by atomic mass is 16.5. The van der Waals surface area contributed by atoms with Gasteiger partial charge in [-0.25, -0.2) is 0 Å². The van der Waals surface area contributed by atoms with E-state index >= 15 is 0 Å². The molecule has 84 valence electrons. The average molecular weight is 212 g/mol. The van der Waals surface area contributed by atoms with Gasteiger partial charge in [0, 0.05) is 6.61 Å². The third-order valence-corrected chi connectivity index (χ3v) is 3.19. The fourth-order valence-electron chi connectivity index (χ4n) is 2.30. The summed E-state index contributed by atoms with van der Waals surface area (Å²) in [5.74, 6) is -0.0850. The van der Waals surface area contributed by atoms with Crippen molar-refractivity contribution in [1.29, 1.82) is 0 Å². The quantitative estimate of drug-likeness (QED) is 0.638. The largest absolute Gasteiger partial charge is 0.376 e. The number of hydrogen-bond donors (Lipinski definition) is 1. The van der Waals surface area contributed by atoms with E-state index in [4.69, 9.17) is 4.74 Å². The van der Waals surface area contributed by atoms with Gasteiger partial charge < -0.3 is 15.0 Å². The predicted molar refractivity (Wildman–Crippen MR) is 53.1 cm³/mol. The van der Waals surface area contributed by atoms with Crippen LogP contribution in [0.3, 0.4) is 0 Å². The first-order valence-electron chi connectivity index (χ1n) is 5.31. The first-order chi connectivity index (χ1) is 7.11. The van der Waals surface area contributed by atoms with Crippen molar-refractivity contribution in [1.82, 2.24) is 10.2 Å². The number of nitrogens with one attached hydrogen (secondary N) is 1. The molecule has 3 unspecified atom stereocenters. The van der Waals surface area contributed by atoms with Crippen LogP contribution >= 0.6 is 0 Å². The van der Waals surface area contributed by atoms with E-state index in [-0.39, 0.29) is 36.5 Å². The molecule has 2 saturated heterocycles. The smallest absolute Gasteiger partial charge is 0.242 e. The molecular formula is C10H16N2O3. The molecule has 0 spiro atoms. The minimum Gasteiger partial charge on any atom is -0.376 e. The van der Waals surface area contributed by atoms with Crippen LogP contribution in [0.1, 0.15) is 20.3 Å². The van der Waals surface area contributed by atoms with Crippen LogP contribution in [-0.4, -0.2) is 48.1 Å². The molecule has 2 aliphatic heterocycles. The van der Waals surface area contributed by atoms with Crippen LogP contribution in [-0.2, 0) is 14.3 Å². The van der Waals surface area contributed by atoms with Crippen LogP contribution < -0.4 is 5.32 Å². The molecule has 0 bridgehead atoms. The Morgan fingerprint density at radius 1 is 1.40 bits per heavy atom. The molecule has 0 aromatic rings. The van der Waals surface area contributed by atoms with E-state index in [1.54, 1.807) is 11.8 Å². The molecule has 2 fully saturated rings. The molecule has 2 amide bonds. The molecule has 0 radical (unpaired) electrons. The molecule has 2 heterocycles. The van der Waals surface area contributed by atoms with Crippen molar-refractivity contribution >= 4 is 11.8 Å². The maximum Gasteiger partial charge on any atom is 0.242 e. The summed E-state index contributed by atoms with van der Waals surface area (Å²) in [4.78, 5) is 24.9. The normalized spacial score (nSPS) is 36.9. The van der Waals surface area contributed by atoms with E-state index in [9.17, 15) is 9.59 Å². The fraction of sp³-hybridized carbons (Fsp3) is 0.800. The SMILES string of the molecule is CC1OCCC1N1C(=O)CNC(=O)C1C. The third kappa shape index (κ3) is 1.71. The molecule has 1 N–H and O–H groups in total. The first-order valence-corrected chi connectivity index (χ1v) is 5.31. The van der Waals surface area contributed by atoms with Gasteiger partial charge in [0.15, 0.2) is 0 Å². The number of piperazine rings is 1. The second-order valence-corrected chi connectivity index (χ2v) is 4.13. The Bertz CT molecular complexity index is 292. The van der Waals surface area contributed by atoms with Gasteiger partial charge in [0.25, 0.3) is 0 Å². The van der Waals surface area contributed by atoms with Gasteiger partial charge in [-0.15, -0.1) is 0 Å². The molecule has 0 aromatic carbocycles. The summed E-state index contributed by atoms with van der Waals surface area (Å²) in [6.45, 7) is 4.50. The summed E-state index contributed by atoms with van der Waals surface area (Å²) in [5.41, 5.74) is 0. The predicted octanol–water partition coefficient (Wildman–Crippen LogP) is -0.489.